The molecule has 0 spiro atoms. The number of hydrogen-bond donors (Lipinski definition) is 1. The molecule has 6 nitrogen and oxygen atoms in total. The average molecular weight is 441 g/mol. The summed E-state index contributed by atoms with van der Waals surface area (Å²) in [5.41, 5.74) is 2.89. The number of aromatic nitrogens is 4. The third-order valence-electron chi connectivity index (χ3n) is 5.71. The first-order valence-electron chi connectivity index (χ1n) is 10.4. The molecule has 0 saturated carbocycles. The summed E-state index contributed by atoms with van der Waals surface area (Å²) < 4.78 is 48.2. The predicted octanol–water partition coefficient (Wildman–Crippen LogP) is 4.48. The lowest BCUT2D eigenvalue weighted by molar-refractivity contribution is -0.137. The average Bonchev–Trinajstić information content (AvgIpc) is 3.39. The summed E-state index contributed by atoms with van der Waals surface area (Å²) in [5.74, 6) is 0. The molecule has 1 aromatic carbocycles. The Morgan fingerprint density at radius 1 is 1.09 bits per heavy atom. The molecule has 32 heavy (non-hydrogen) atoms. The van der Waals surface area contributed by atoms with E-state index in [0.717, 1.165) is 55.9 Å². The number of alkyl halides is 3. The molecule has 0 amide bonds. The van der Waals surface area contributed by atoms with Gasteiger partial charge in [-0.2, -0.15) is 18.3 Å². The highest BCUT2D eigenvalue weighted by Crippen LogP contribution is 2.41. The minimum atomic E-state index is -4.53. The maximum atomic E-state index is 13.8. The molecule has 166 valence electrons. The standard InChI is InChI=1S/C23H22F3N5O/c1-30-14-17(11-28-30)21-18-10-20(29-22(18)27-12-19(21)23(24,25)26)16-4-2-3-15(9-16)13-31-5-7-32-8-6-31/h2-4,9-12,14H,5-8,13H2,1H3,(H,27,29). The lowest BCUT2D eigenvalue weighted by Gasteiger charge is -2.26. The number of rotatable bonds is 4. The van der Waals surface area contributed by atoms with Gasteiger partial charge >= 0.3 is 6.18 Å². The van der Waals surface area contributed by atoms with Crippen molar-refractivity contribution in [2.75, 3.05) is 26.3 Å². The van der Waals surface area contributed by atoms with E-state index in [0.29, 0.717) is 16.6 Å². The van der Waals surface area contributed by atoms with Crippen LogP contribution < -0.4 is 0 Å². The van der Waals surface area contributed by atoms with Crippen LogP contribution in [0.2, 0.25) is 0 Å². The van der Waals surface area contributed by atoms with Gasteiger partial charge in [0.05, 0.1) is 25.0 Å². The van der Waals surface area contributed by atoms with Gasteiger partial charge in [0.2, 0.25) is 0 Å². The number of fused-ring (bicyclic) bond motifs is 1. The second kappa shape index (κ2) is 8.07. The molecule has 3 aromatic heterocycles. The van der Waals surface area contributed by atoms with Gasteiger partial charge in [-0.05, 0) is 23.3 Å². The fourth-order valence-electron chi connectivity index (χ4n) is 4.16. The molecule has 0 bridgehead atoms. The van der Waals surface area contributed by atoms with Crippen molar-refractivity contribution >= 4 is 11.0 Å². The van der Waals surface area contributed by atoms with Crippen LogP contribution in [0.25, 0.3) is 33.4 Å². The van der Waals surface area contributed by atoms with Gasteiger partial charge in [-0.15, -0.1) is 0 Å². The predicted molar refractivity (Wildman–Crippen MR) is 115 cm³/mol. The van der Waals surface area contributed by atoms with Crippen molar-refractivity contribution in [2.45, 2.75) is 12.7 Å². The topological polar surface area (TPSA) is 59.0 Å². The summed E-state index contributed by atoms with van der Waals surface area (Å²) in [6, 6.07) is 9.78. The van der Waals surface area contributed by atoms with Gasteiger partial charge in [0, 0.05) is 61.3 Å². The van der Waals surface area contributed by atoms with Crippen molar-refractivity contribution in [1.29, 1.82) is 0 Å². The van der Waals surface area contributed by atoms with Crippen LogP contribution in [0.5, 0.6) is 0 Å². The van der Waals surface area contributed by atoms with E-state index in [1.54, 1.807) is 19.3 Å². The van der Waals surface area contributed by atoms with Gasteiger partial charge in [-0.25, -0.2) is 4.98 Å². The van der Waals surface area contributed by atoms with Gasteiger partial charge in [0.15, 0.2) is 0 Å². The number of H-pyrrole nitrogens is 1. The highest BCUT2D eigenvalue weighted by molar-refractivity contribution is 5.97. The second-order valence-electron chi connectivity index (χ2n) is 7.98. The van der Waals surface area contributed by atoms with Gasteiger partial charge in [-0.1, -0.05) is 18.2 Å². The minimum Gasteiger partial charge on any atom is -0.379 e. The molecule has 4 heterocycles. The Labute approximate surface area is 182 Å². The summed E-state index contributed by atoms with van der Waals surface area (Å²) in [7, 11) is 1.68. The van der Waals surface area contributed by atoms with Crippen LogP contribution in [0.1, 0.15) is 11.1 Å². The zero-order chi connectivity index (χ0) is 22.3. The molecule has 1 N–H and O–H groups in total. The lowest BCUT2D eigenvalue weighted by atomic mass is 10.00. The quantitative estimate of drug-likeness (QED) is 0.507. The fourth-order valence-corrected chi connectivity index (χ4v) is 4.16. The largest absolute Gasteiger partial charge is 0.418 e. The van der Waals surface area contributed by atoms with E-state index in [1.807, 2.05) is 12.1 Å². The smallest absolute Gasteiger partial charge is 0.379 e. The highest BCUT2D eigenvalue weighted by Gasteiger charge is 2.36. The number of nitrogens with zero attached hydrogens (tertiary/aromatic N) is 4. The maximum Gasteiger partial charge on any atom is 0.418 e. The van der Waals surface area contributed by atoms with Crippen LogP contribution in [-0.4, -0.2) is 51.0 Å². The van der Waals surface area contributed by atoms with Crippen LogP contribution in [-0.2, 0) is 24.5 Å². The number of halogens is 3. The molecular weight excluding hydrogens is 419 g/mol. The van der Waals surface area contributed by atoms with Crippen LogP contribution in [0, 0.1) is 0 Å². The first-order chi connectivity index (χ1) is 15.4. The van der Waals surface area contributed by atoms with E-state index < -0.39 is 11.7 Å². The molecule has 1 aliphatic rings. The summed E-state index contributed by atoms with van der Waals surface area (Å²) in [6.07, 6.45) is -0.610. The molecule has 4 aromatic rings. The van der Waals surface area contributed by atoms with Crippen molar-refractivity contribution in [3.8, 4) is 22.4 Å². The van der Waals surface area contributed by atoms with E-state index in [2.05, 4.69) is 32.1 Å². The van der Waals surface area contributed by atoms with Crippen molar-refractivity contribution in [1.82, 2.24) is 24.6 Å². The number of hydrogen-bond acceptors (Lipinski definition) is 4. The molecule has 1 fully saturated rings. The van der Waals surface area contributed by atoms with Crippen LogP contribution >= 0.6 is 0 Å². The minimum absolute atomic E-state index is 0.0857. The summed E-state index contributed by atoms with van der Waals surface area (Å²) in [4.78, 5) is 9.60. The number of morpholine rings is 1. The monoisotopic (exact) mass is 441 g/mol. The first-order valence-corrected chi connectivity index (χ1v) is 10.4. The molecule has 0 atom stereocenters. The zero-order valence-electron chi connectivity index (χ0n) is 17.5. The number of ether oxygens (including phenoxy) is 1. The van der Waals surface area contributed by atoms with Crippen molar-refractivity contribution in [2.24, 2.45) is 7.05 Å². The summed E-state index contributed by atoms with van der Waals surface area (Å²) in [6.45, 7) is 4.03. The van der Waals surface area contributed by atoms with Gasteiger partial charge < -0.3 is 9.72 Å². The molecule has 0 unspecified atom stereocenters. The van der Waals surface area contributed by atoms with Crippen LogP contribution in [0.15, 0.2) is 48.9 Å². The number of aryl methyl sites for hydroxylation is 1. The number of nitrogens with one attached hydrogen (secondary N) is 1. The molecular formula is C23H22F3N5O. The normalized spacial score (nSPS) is 15.5. The number of benzene rings is 1. The Morgan fingerprint density at radius 2 is 1.91 bits per heavy atom. The molecule has 1 saturated heterocycles. The number of aromatic amines is 1. The summed E-state index contributed by atoms with van der Waals surface area (Å²) >= 11 is 0. The van der Waals surface area contributed by atoms with Gasteiger partial charge in [-0.3, -0.25) is 9.58 Å². The number of pyridine rings is 1. The van der Waals surface area contributed by atoms with E-state index in [9.17, 15) is 13.2 Å². The van der Waals surface area contributed by atoms with Crippen molar-refractivity contribution < 1.29 is 17.9 Å². The Balaban J connectivity index is 1.57. The van der Waals surface area contributed by atoms with E-state index in [4.69, 9.17) is 4.74 Å². The Morgan fingerprint density at radius 3 is 2.62 bits per heavy atom. The molecule has 9 heteroatoms. The fraction of sp³-hybridized carbons (Fsp3) is 0.304. The van der Waals surface area contributed by atoms with E-state index in [-0.39, 0.29) is 5.56 Å². The van der Waals surface area contributed by atoms with E-state index >= 15 is 0 Å². The van der Waals surface area contributed by atoms with Crippen LogP contribution in [0.3, 0.4) is 0 Å². The van der Waals surface area contributed by atoms with Gasteiger partial charge in [0.25, 0.3) is 0 Å². The van der Waals surface area contributed by atoms with Crippen molar-refractivity contribution in [3.63, 3.8) is 0 Å². The Kier molecular flexibility index (Phi) is 5.22. The molecule has 0 aliphatic carbocycles. The molecule has 5 rings (SSSR count). The first kappa shape index (κ1) is 20.7. The molecule has 0 radical (unpaired) electrons. The van der Waals surface area contributed by atoms with Crippen molar-refractivity contribution in [3.05, 3.63) is 60.0 Å². The third kappa shape index (κ3) is 4.01. The summed E-state index contributed by atoms with van der Waals surface area (Å²) in [5, 5.41) is 4.48. The lowest BCUT2D eigenvalue weighted by Crippen LogP contribution is -2.35. The SMILES string of the molecule is Cn1cc(-c2c(C(F)(F)F)cnc3[nH]c(-c4cccc(CN5CCOCC5)c4)cc23)cn1. The maximum absolute atomic E-state index is 13.8. The molecule has 1 aliphatic heterocycles. The third-order valence-corrected chi connectivity index (χ3v) is 5.71. The second-order valence-corrected chi connectivity index (χ2v) is 7.98. The Hall–Kier alpha value is -3.17. The zero-order valence-corrected chi connectivity index (χ0v) is 17.5. The Bertz CT molecular complexity index is 1250. The van der Waals surface area contributed by atoms with Crippen LogP contribution in [0.4, 0.5) is 13.2 Å². The van der Waals surface area contributed by atoms with Gasteiger partial charge in [0.1, 0.15) is 5.65 Å². The van der Waals surface area contributed by atoms with E-state index in [1.165, 1.54) is 10.9 Å². The highest BCUT2D eigenvalue weighted by atomic mass is 19.4.